The summed E-state index contributed by atoms with van der Waals surface area (Å²) in [5.41, 5.74) is -0.385. The first-order valence-electron chi connectivity index (χ1n) is 4.39. The quantitative estimate of drug-likeness (QED) is 0.669. The van der Waals surface area contributed by atoms with Crippen molar-refractivity contribution < 1.29 is 13.2 Å². The van der Waals surface area contributed by atoms with E-state index in [1.165, 1.54) is 30.3 Å². The predicted octanol–water partition coefficient (Wildman–Crippen LogP) is 3.77. The third-order valence-corrected chi connectivity index (χ3v) is 2.11. The second-order valence-electron chi connectivity index (χ2n) is 3.08. The van der Waals surface area contributed by atoms with Crippen molar-refractivity contribution in [3.63, 3.8) is 0 Å². The largest absolute Gasteiger partial charge is 0.206 e. The zero-order valence-electron chi connectivity index (χ0n) is 7.68. The Morgan fingerprint density at radius 1 is 0.600 bits per heavy atom. The maximum absolute atomic E-state index is 13.3. The molecule has 0 aliphatic heterocycles. The molecule has 0 N–H and O–H groups in total. The van der Waals surface area contributed by atoms with Gasteiger partial charge in [0.2, 0.25) is 0 Å². The average Bonchev–Trinajstić information content (AvgIpc) is 2.20. The summed E-state index contributed by atoms with van der Waals surface area (Å²) in [6.07, 6.45) is 0. The highest BCUT2D eigenvalue weighted by Gasteiger charge is 2.13. The Balaban J connectivity index is 2.69. The fourth-order valence-corrected chi connectivity index (χ4v) is 1.42. The summed E-state index contributed by atoms with van der Waals surface area (Å²) in [6.45, 7) is 0. The summed E-state index contributed by atoms with van der Waals surface area (Å²) in [5.74, 6) is -2.17. The summed E-state index contributed by atoms with van der Waals surface area (Å²) in [7, 11) is 0. The zero-order chi connectivity index (χ0) is 10.8. The molecule has 2 aromatic carbocycles. The van der Waals surface area contributed by atoms with Crippen molar-refractivity contribution in [2.24, 2.45) is 0 Å². The molecular weight excluding hydrogens is 201 g/mol. The molecule has 0 aromatic heterocycles. The molecule has 0 radical (unpaired) electrons. The van der Waals surface area contributed by atoms with Crippen LogP contribution in [0, 0.1) is 17.5 Å². The Morgan fingerprint density at radius 3 is 1.73 bits per heavy atom. The molecule has 0 saturated heterocycles. The van der Waals surface area contributed by atoms with Crippen molar-refractivity contribution in [2.45, 2.75) is 0 Å². The van der Waals surface area contributed by atoms with Gasteiger partial charge in [-0.15, -0.1) is 0 Å². The van der Waals surface area contributed by atoms with E-state index in [9.17, 15) is 13.2 Å². The average molecular weight is 208 g/mol. The first-order valence-corrected chi connectivity index (χ1v) is 4.39. The van der Waals surface area contributed by atoms with Crippen molar-refractivity contribution in [3.8, 4) is 11.1 Å². The highest BCUT2D eigenvalue weighted by atomic mass is 19.1. The lowest BCUT2D eigenvalue weighted by Gasteiger charge is -2.05. The van der Waals surface area contributed by atoms with E-state index in [0.717, 1.165) is 12.1 Å². The molecule has 2 rings (SSSR count). The molecule has 0 aliphatic carbocycles. The van der Waals surface area contributed by atoms with Gasteiger partial charge in [0.15, 0.2) is 0 Å². The van der Waals surface area contributed by atoms with Gasteiger partial charge in [0.25, 0.3) is 0 Å². The molecule has 0 amide bonds. The Hall–Kier alpha value is -1.77. The Bertz CT molecular complexity index is 472. The lowest BCUT2D eigenvalue weighted by molar-refractivity contribution is 0.582. The van der Waals surface area contributed by atoms with Crippen LogP contribution in [0.5, 0.6) is 0 Å². The third kappa shape index (κ3) is 1.73. The lowest BCUT2D eigenvalue weighted by Crippen LogP contribution is -1.92. The topological polar surface area (TPSA) is 0 Å². The molecular formula is C12H7F3. The number of hydrogen-bond acceptors (Lipinski definition) is 0. The van der Waals surface area contributed by atoms with Crippen molar-refractivity contribution in [1.82, 2.24) is 0 Å². The summed E-state index contributed by atoms with van der Waals surface area (Å²) in [6, 6.07) is 8.96. The lowest BCUT2D eigenvalue weighted by atomic mass is 10.0. The summed E-state index contributed by atoms with van der Waals surface area (Å²) >= 11 is 0. The highest BCUT2D eigenvalue weighted by molar-refractivity contribution is 5.65. The van der Waals surface area contributed by atoms with E-state index in [4.69, 9.17) is 0 Å². The van der Waals surface area contributed by atoms with E-state index in [1.807, 2.05) is 0 Å². The second-order valence-corrected chi connectivity index (χ2v) is 3.08. The minimum atomic E-state index is -0.764. The number of halogens is 3. The van der Waals surface area contributed by atoms with Crippen LogP contribution in [0.4, 0.5) is 13.2 Å². The van der Waals surface area contributed by atoms with E-state index >= 15 is 0 Å². The van der Waals surface area contributed by atoms with Gasteiger partial charge in [0, 0.05) is 5.56 Å². The van der Waals surface area contributed by atoms with Crippen molar-refractivity contribution >= 4 is 0 Å². The van der Waals surface area contributed by atoms with E-state index in [0.29, 0.717) is 0 Å². The maximum atomic E-state index is 13.3. The molecule has 76 valence electrons. The molecule has 3 heteroatoms. The van der Waals surface area contributed by atoms with Gasteiger partial charge >= 0.3 is 0 Å². The molecule has 2 aromatic rings. The number of rotatable bonds is 1. The minimum Gasteiger partial charge on any atom is -0.206 e. The van der Waals surface area contributed by atoms with E-state index < -0.39 is 17.5 Å². The first-order chi connectivity index (χ1) is 7.20. The fourth-order valence-electron chi connectivity index (χ4n) is 1.42. The molecule has 0 nitrogen and oxygen atoms in total. The Kier molecular flexibility index (Phi) is 2.46. The van der Waals surface area contributed by atoms with Crippen LogP contribution in [0.25, 0.3) is 11.1 Å². The van der Waals surface area contributed by atoms with Crippen LogP contribution in [0.3, 0.4) is 0 Å². The molecule has 0 fully saturated rings. The van der Waals surface area contributed by atoms with Gasteiger partial charge in [0.1, 0.15) is 17.5 Å². The van der Waals surface area contributed by atoms with Crippen molar-refractivity contribution in [3.05, 3.63) is 59.9 Å². The second kappa shape index (κ2) is 3.77. The molecule has 0 heterocycles. The standard InChI is InChI=1S/C12H7F3/c13-9-5-2-1-4-8(9)12-10(14)6-3-7-11(12)15/h1-7H. The monoisotopic (exact) mass is 208 g/mol. The zero-order valence-corrected chi connectivity index (χ0v) is 7.68. The van der Waals surface area contributed by atoms with E-state index in [-0.39, 0.29) is 11.1 Å². The van der Waals surface area contributed by atoms with Crippen LogP contribution in [-0.4, -0.2) is 0 Å². The van der Waals surface area contributed by atoms with Gasteiger partial charge in [0.05, 0.1) is 5.56 Å². The van der Waals surface area contributed by atoms with Gasteiger partial charge in [-0.3, -0.25) is 0 Å². The van der Waals surface area contributed by atoms with Crippen LogP contribution in [0.15, 0.2) is 42.5 Å². The van der Waals surface area contributed by atoms with E-state index in [1.54, 1.807) is 0 Å². The van der Waals surface area contributed by atoms with Gasteiger partial charge in [-0.05, 0) is 18.2 Å². The van der Waals surface area contributed by atoms with Crippen LogP contribution in [0.2, 0.25) is 0 Å². The molecule has 0 aliphatic rings. The van der Waals surface area contributed by atoms with Crippen LogP contribution in [-0.2, 0) is 0 Å². The van der Waals surface area contributed by atoms with Gasteiger partial charge in [-0.25, -0.2) is 13.2 Å². The predicted molar refractivity (Wildman–Crippen MR) is 51.8 cm³/mol. The molecule has 15 heavy (non-hydrogen) atoms. The summed E-state index contributed by atoms with van der Waals surface area (Å²) < 4.78 is 39.9. The normalized spacial score (nSPS) is 10.3. The third-order valence-electron chi connectivity index (χ3n) is 2.11. The number of hydrogen-bond donors (Lipinski definition) is 0. The van der Waals surface area contributed by atoms with Gasteiger partial charge in [-0.1, -0.05) is 24.3 Å². The van der Waals surface area contributed by atoms with Crippen LogP contribution in [0.1, 0.15) is 0 Å². The maximum Gasteiger partial charge on any atom is 0.134 e. The molecule has 0 bridgehead atoms. The Labute approximate surface area is 85.0 Å². The minimum absolute atomic E-state index is 0.0619. The van der Waals surface area contributed by atoms with Gasteiger partial charge < -0.3 is 0 Å². The van der Waals surface area contributed by atoms with E-state index in [2.05, 4.69) is 0 Å². The molecule has 0 spiro atoms. The summed E-state index contributed by atoms with van der Waals surface area (Å²) in [4.78, 5) is 0. The van der Waals surface area contributed by atoms with Crippen LogP contribution < -0.4 is 0 Å². The highest BCUT2D eigenvalue weighted by Crippen LogP contribution is 2.27. The molecule has 0 unspecified atom stereocenters. The molecule has 0 saturated carbocycles. The fraction of sp³-hybridized carbons (Fsp3) is 0. The number of benzene rings is 2. The smallest absolute Gasteiger partial charge is 0.134 e. The first kappa shape index (κ1) is 9.77. The van der Waals surface area contributed by atoms with Crippen LogP contribution >= 0.6 is 0 Å². The molecule has 0 atom stereocenters. The van der Waals surface area contributed by atoms with Crippen molar-refractivity contribution in [2.75, 3.05) is 0 Å². The SMILES string of the molecule is Fc1ccccc1-c1c(F)cccc1F. The summed E-state index contributed by atoms with van der Waals surface area (Å²) in [5, 5.41) is 0. The van der Waals surface area contributed by atoms with Gasteiger partial charge in [-0.2, -0.15) is 0 Å². The van der Waals surface area contributed by atoms with Crippen molar-refractivity contribution in [1.29, 1.82) is 0 Å². The Morgan fingerprint density at radius 2 is 1.13 bits per heavy atom.